The van der Waals surface area contributed by atoms with Gasteiger partial charge in [-0.15, -0.1) is 5.10 Å². The van der Waals surface area contributed by atoms with Crippen molar-refractivity contribution in [2.24, 2.45) is 0 Å². The van der Waals surface area contributed by atoms with Crippen LogP contribution in [-0.4, -0.2) is 40.9 Å². The molecule has 1 N–H and O–H groups in total. The van der Waals surface area contributed by atoms with Crippen LogP contribution in [0.2, 0.25) is 10.0 Å². The van der Waals surface area contributed by atoms with Gasteiger partial charge in [-0.1, -0.05) is 53.0 Å². The molecule has 0 bridgehead atoms. The van der Waals surface area contributed by atoms with E-state index in [1.807, 2.05) is 31.2 Å². The Morgan fingerprint density at radius 2 is 1.89 bits per heavy atom. The van der Waals surface area contributed by atoms with Gasteiger partial charge in [0.25, 0.3) is 5.91 Å². The number of hydrogen-bond acceptors (Lipinski definition) is 4. The zero-order valence-electron chi connectivity index (χ0n) is 14.9. The molecule has 8 heteroatoms. The molecule has 0 aliphatic heterocycles. The number of halogens is 2. The van der Waals surface area contributed by atoms with Gasteiger partial charge in [-0.05, 0) is 25.1 Å². The summed E-state index contributed by atoms with van der Waals surface area (Å²) < 4.78 is 6.52. The summed E-state index contributed by atoms with van der Waals surface area (Å²) in [6, 6.07) is 12.9. The molecule has 0 saturated heterocycles. The molecule has 2 aromatic carbocycles. The van der Waals surface area contributed by atoms with E-state index in [0.717, 1.165) is 11.1 Å². The highest BCUT2D eigenvalue weighted by Gasteiger charge is 2.19. The number of benzene rings is 2. The van der Waals surface area contributed by atoms with Gasteiger partial charge in [0.1, 0.15) is 0 Å². The second-order valence-corrected chi connectivity index (χ2v) is 6.70. The summed E-state index contributed by atoms with van der Waals surface area (Å²) in [7, 11) is 1.57. The summed E-state index contributed by atoms with van der Waals surface area (Å²) in [6.45, 7) is 2.78. The van der Waals surface area contributed by atoms with Gasteiger partial charge in [0, 0.05) is 19.2 Å². The van der Waals surface area contributed by atoms with E-state index in [1.54, 1.807) is 30.0 Å². The summed E-state index contributed by atoms with van der Waals surface area (Å²) in [6.07, 6.45) is 0. The molecule has 0 unspecified atom stereocenters. The lowest BCUT2D eigenvalue weighted by atomic mass is 10.1. The van der Waals surface area contributed by atoms with Crippen LogP contribution in [0.25, 0.3) is 17.1 Å². The van der Waals surface area contributed by atoms with Crippen molar-refractivity contribution in [1.29, 1.82) is 0 Å². The molecule has 27 heavy (non-hydrogen) atoms. The van der Waals surface area contributed by atoms with Crippen molar-refractivity contribution >= 4 is 29.1 Å². The zero-order chi connectivity index (χ0) is 19.4. The zero-order valence-corrected chi connectivity index (χ0v) is 16.4. The van der Waals surface area contributed by atoms with Crippen molar-refractivity contribution in [3.63, 3.8) is 0 Å². The first-order valence-electron chi connectivity index (χ1n) is 8.26. The Hall–Kier alpha value is -2.41. The first kappa shape index (κ1) is 19.4. The van der Waals surface area contributed by atoms with Crippen LogP contribution in [0, 0.1) is 6.92 Å². The van der Waals surface area contributed by atoms with E-state index < -0.39 is 0 Å². The van der Waals surface area contributed by atoms with Gasteiger partial charge >= 0.3 is 0 Å². The minimum atomic E-state index is -0.376. The van der Waals surface area contributed by atoms with E-state index >= 15 is 0 Å². The number of nitrogens with one attached hydrogen (secondary N) is 1. The van der Waals surface area contributed by atoms with Crippen LogP contribution in [0.3, 0.4) is 0 Å². The maximum absolute atomic E-state index is 12.4. The number of carbonyl (C=O) groups excluding carboxylic acids is 1. The van der Waals surface area contributed by atoms with Crippen LogP contribution < -0.4 is 5.32 Å². The molecular formula is C19H18Cl2N4O2. The number of nitrogens with zero attached hydrogens (tertiary/aromatic N) is 3. The minimum Gasteiger partial charge on any atom is -0.383 e. The molecule has 0 atom stereocenters. The number of carbonyl (C=O) groups is 1. The normalized spacial score (nSPS) is 10.8. The van der Waals surface area contributed by atoms with Gasteiger partial charge in [-0.3, -0.25) is 4.79 Å². The Balaban J connectivity index is 2.04. The number of aryl methyl sites for hydroxylation is 1. The largest absolute Gasteiger partial charge is 0.383 e. The molecule has 0 radical (unpaired) electrons. The van der Waals surface area contributed by atoms with Gasteiger partial charge in [0.2, 0.25) is 5.82 Å². The Morgan fingerprint density at radius 3 is 2.56 bits per heavy atom. The summed E-state index contributed by atoms with van der Waals surface area (Å²) in [5.74, 6) is 0.220. The van der Waals surface area contributed by atoms with E-state index in [4.69, 9.17) is 27.9 Å². The molecule has 1 amide bonds. The molecule has 3 aromatic rings. The van der Waals surface area contributed by atoms with Gasteiger partial charge in [0.05, 0.1) is 22.3 Å². The number of aromatic nitrogens is 3. The molecule has 0 spiro atoms. The predicted molar refractivity (Wildman–Crippen MR) is 106 cm³/mol. The third-order valence-corrected chi connectivity index (χ3v) is 4.60. The number of amides is 1. The Morgan fingerprint density at radius 1 is 1.15 bits per heavy atom. The highest BCUT2D eigenvalue weighted by Crippen LogP contribution is 2.27. The third kappa shape index (κ3) is 4.47. The predicted octanol–water partition coefficient (Wildman–Crippen LogP) is 3.93. The van der Waals surface area contributed by atoms with Crippen molar-refractivity contribution in [1.82, 2.24) is 20.1 Å². The Kier molecular flexibility index (Phi) is 6.11. The van der Waals surface area contributed by atoms with Crippen molar-refractivity contribution in [2.45, 2.75) is 6.92 Å². The van der Waals surface area contributed by atoms with Crippen LogP contribution in [0.5, 0.6) is 0 Å². The SMILES string of the molecule is COCCNC(=O)c1nc(-c2ccc(C)cc2)n(-c2ccc(Cl)c(Cl)c2)n1. The number of rotatable bonds is 6. The molecule has 0 aliphatic rings. The first-order valence-corrected chi connectivity index (χ1v) is 9.02. The number of hydrogen-bond donors (Lipinski definition) is 1. The van der Waals surface area contributed by atoms with Crippen LogP contribution >= 0.6 is 23.2 Å². The quantitative estimate of drug-likeness (QED) is 0.631. The highest BCUT2D eigenvalue weighted by atomic mass is 35.5. The Labute approximate surface area is 167 Å². The molecule has 0 fully saturated rings. The molecular weight excluding hydrogens is 387 g/mol. The van der Waals surface area contributed by atoms with Gasteiger partial charge in [-0.25, -0.2) is 9.67 Å². The molecule has 140 valence electrons. The van der Waals surface area contributed by atoms with Crippen molar-refractivity contribution < 1.29 is 9.53 Å². The topological polar surface area (TPSA) is 69.0 Å². The van der Waals surface area contributed by atoms with Crippen LogP contribution in [0.15, 0.2) is 42.5 Å². The van der Waals surface area contributed by atoms with Crippen LogP contribution in [0.4, 0.5) is 0 Å². The standard InChI is InChI=1S/C19H18Cl2N4O2/c1-12-3-5-13(6-4-12)18-23-17(19(26)22-9-10-27-2)24-25(18)14-7-8-15(20)16(21)11-14/h3-8,11H,9-10H2,1-2H3,(H,22,26). The summed E-state index contributed by atoms with van der Waals surface area (Å²) in [5, 5.41) is 7.94. The first-order chi connectivity index (χ1) is 13.0. The lowest BCUT2D eigenvalue weighted by Gasteiger charge is -2.07. The van der Waals surface area contributed by atoms with Crippen LogP contribution in [0.1, 0.15) is 16.2 Å². The maximum Gasteiger partial charge on any atom is 0.291 e. The maximum atomic E-state index is 12.4. The van der Waals surface area contributed by atoms with Crippen molar-refractivity contribution in [2.75, 3.05) is 20.3 Å². The van der Waals surface area contributed by atoms with Gasteiger partial charge in [0.15, 0.2) is 5.82 Å². The van der Waals surface area contributed by atoms with Gasteiger partial charge in [-0.2, -0.15) is 0 Å². The fourth-order valence-electron chi connectivity index (χ4n) is 2.44. The highest BCUT2D eigenvalue weighted by molar-refractivity contribution is 6.42. The average Bonchev–Trinajstić information content (AvgIpc) is 3.10. The van der Waals surface area contributed by atoms with E-state index in [1.165, 1.54) is 0 Å². The molecule has 1 aromatic heterocycles. The fourth-order valence-corrected chi connectivity index (χ4v) is 2.73. The van der Waals surface area contributed by atoms with E-state index in [2.05, 4.69) is 15.4 Å². The summed E-state index contributed by atoms with van der Waals surface area (Å²) in [4.78, 5) is 16.8. The van der Waals surface area contributed by atoms with Crippen molar-refractivity contribution in [3.8, 4) is 17.1 Å². The molecule has 6 nitrogen and oxygen atoms in total. The fraction of sp³-hybridized carbons (Fsp3) is 0.211. The van der Waals surface area contributed by atoms with E-state index in [9.17, 15) is 4.79 Å². The monoisotopic (exact) mass is 404 g/mol. The lowest BCUT2D eigenvalue weighted by Crippen LogP contribution is -2.28. The third-order valence-electron chi connectivity index (χ3n) is 3.86. The Bertz CT molecular complexity index is 955. The van der Waals surface area contributed by atoms with E-state index in [0.29, 0.717) is 34.7 Å². The minimum absolute atomic E-state index is 0.0627. The molecule has 3 rings (SSSR count). The molecule has 0 aliphatic carbocycles. The molecule has 1 heterocycles. The average molecular weight is 405 g/mol. The number of methoxy groups -OCH3 is 1. The van der Waals surface area contributed by atoms with Gasteiger partial charge < -0.3 is 10.1 Å². The van der Waals surface area contributed by atoms with E-state index in [-0.39, 0.29) is 11.7 Å². The second kappa shape index (κ2) is 8.52. The smallest absolute Gasteiger partial charge is 0.291 e. The second-order valence-electron chi connectivity index (χ2n) is 5.88. The summed E-state index contributed by atoms with van der Waals surface area (Å²) >= 11 is 12.2. The number of ether oxygens (including phenoxy) is 1. The van der Waals surface area contributed by atoms with Crippen LogP contribution in [-0.2, 0) is 4.74 Å². The summed E-state index contributed by atoms with van der Waals surface area (Å²) in [5.41, 5.74) is 2.61. The molecule has 0 saturated carbocycles. The van der Waals surface area contributed by atoms with Crippen molar-refractivity contribution in [3.05, 3.63) is 63.9 Å². The lowest BCUT2D eigenvalue weighted by molar-refractivity contribution is 0.0927.